The zero-order valence-corrected chi connectivity index (χ0v) is 15.2. The van der Waals surface area contributed by atoms with Crippen LogP contribution >= 0.6 is 0 Å². The maximum absolute atomic E-state index is 12.3. The number of carbonyl (C=O) groups is 1. The van der Waals surface area contributed by atoms with E-state index in [4.69, 9.17) is 4.74 Å². The van der Waals surface area contributed by atoms with E-state index in [9.17, 15) is 15.0 Å². The maximum Gasteiger partial charge on any atom is 0.310 e. The van der Waals surface area contributed by atoms with Gasteiger partial charge in [-0.3, -0.25) is 4.79 Å². The maximum atomic E-state index is 12.3. The lowest BCUT2D eigenvalue weighted by atomic mass is 9.87. The van der Waals surface area contributed by atoms with Crippen LogP contribution in [0.5, 0.6) is 11.5 Å². The molecule has 0 aliphatic heterocycles. The van der Waals surface area contributed by atoms with E-state index in [0.29, 0.717) is 6.61 Å². The minimum Gasteiger partial charge on any atom is -0.508 e. The Morgan fingerprint density at radius 3 is 1.96 bits per heavy atom. The van der Waals surface area contributed by atoms with Crippen molar-refractivity contribution in [3.8, 4) is 11.5 Å². The van der Waals surface area contributed by atoms with Gasteiger partial charge in [0, 0.05) is 0 Å². The lowest BCUT2D eigenvalue weighted by Crippen LogP contribution is -2.08. The van der Waals surface area contributed by atoms with Crippen molar-refractivity contribution in [2.75, 3.05) is 6.61 Å². The average molecular weight is 362 g/mol. The normalized spacial score (nSPS) is 12.6. The fraction of sp³-hybridized carbons (Fsp3) is 0.174. The monoisotopic (exact) mass is 362 g/mol. The van der Waals surface area contributed by atoms with Crippen LogP contribution in [0, 0.1) is 0 Å². The van der Waals surface area contributed by atoms with Crippen molar-refractivity contribution in [1.82, 2.24) is 0 Å². The molecule has 0 atom stereocenters. The van der Waals surface area contributed by atoms with E-state index in [1.165, 1.54) is 0 Å². The third-order valence-electron chi connectivity index (χ3n) is 4.40. The molecule has 0 bridgehead atoms. The quantitative estimate of drug-likeness (QED) is 0.729. The summed E-state index contributed by atoms with van der Waals surface area (Å²) in [4.78, 5) is 12.3. The smallest absolute Gasteiger partial charge is 0.310 e. The summed E-state index contributed by atoms with van der Waals surface area (Å²) in [5, 5.41) is 19.3. The molecule has 1 aliphatic rings. The molecule has 138 valence electrons. The second-order valence-corrected chi connectivity index (χ2v) is 6.25. The molecule has 2 N–H and O–H groups in total. The number of phenolic OH excluding ortho intramolecular Hbond substituents is 2. The number of phenols is 2. The molecule has 0 fully saturated rings. The first-order chi connectivity index (χ1) is 13.1. The number of aromatic hydroxyl groups is 2. The molecular weight excluding hydrogens is 340 g/mol. The Morgan fingerprint density at radius 2 is 1.52 bits per heavy atom. The minimum atomic E-state index is -0.282. The SMILES string of the molecule is CCOC(=O)CC(C1=CC=CC1)=C(c1ccc(O)cc1)c1ccc(O)cc1. The number of rotatable bonds is 6. The molecule has 0 aromatic heterocycles. The van der Waals surface area contributed by atoms with E-state index < -0.39 is 0 Å². The van der Waals surface area contributed by atoms with Crippen LogP contribution in [0.3, 0.4) is 0 Å². The molecule has 27 heavy (non-hydrogen) atoms. The van der Waals surface area contributed by atoms with Gasteiger partial charge in [0.15, 0.2) is 0 Å². The summed E-state index contributed by atoms with van der Waals surface area (Å²) in [5.74, 6) is 0.0744. The Bertz CT molecular complexity index is 853. The first-order valence-electron chi connectivity index (χ1n) is 8.92. The molecule has 0 spiro atoms. The van der Waals surface area contributed by atoms with Crippen LogP contribution in [0.15, 0.2) is 77.9 Å². The summed E-state index contributed by atoms with van der Waals surface area (Å²) in [6.45, 7) is 2.12. The number of benzene rings is 2. The van der Waals surface area contributed by atoms with Crippen molar-refractivity contribution in [2.24, 2.45) is 0 Å². The van der Waals surface area contributed by atoms with Crippen LogP contribution in [0.1, 0.15) is 30.9 Å². The van der Waals surface area contributed by atoms with Crippen molar-refractivity contribution < 1.29 is 19.7 Å². The third-order valence-corrected chi connectivity index (χ3v) is 4.40. The van der Waals surface area contributed by atoms with Crippen LogP contribution in [-0.2, 0) is 9.53 Å². The van der Waals surface area contributed by atoms with Gasteiger partial charge in [0.1, 0.15) is 11.5 Å². The summed E-state index contributed by atoms with van der Waals surface area (Å²) in [5.41, 5.74) is 4.59. The highest BCUT2D eigenvalue weighted by Gasteiger charge is 2.20. The van der Waals surface area contributed by atoms with Gasteiger partial charge in [-0.05, 0) is 65.5 Å². The molecule has 0 saturated carbocycles. The van der Waals surface area contributed by atoms with E-state index in [2.05, 4.69) is 0 Å². The van der Waals surface area contributed by atoms with Gasteiger partial charge in [-0.15, -0.1) is 0 Å². The molecule has 4 nitrogen and oxygen atoms in total. The van der Waals surface area contributed by atoms with E-state index in [0.717, 1.165) is 34.3 Å². The van der Waals surface area contributed by atoms with Crippen LogP contribution in [0.25, 0.3) is 5.57 Å². The minimum absolute atomic E-state index is 0.151. The molecule has 1 aliphatic carbocycles. The number of carbonyl (C=O) groups excluding carboxylic acids is 1. The Balaban J connectivity index is 2.19. The largest absolute Gasteiger partial charge is 0.508 e. The third kappa shape index (κ3) is 4.47. The van der Waals surface area contributed by atoms with Crippen molar-refractivity contribution in [1.29, 1.82) is 0 Å². The van der Waals surface area contributed by atoms with Gasteiger partial charge in [-0.2, -0.15) is 0 Å². The lowest BCUT2D eigenvalue weighted by Gasteiger charge is -2.18. The van der Waals surface area contributed by atoms with E-state index in [1.54, 1.807) is 31.2 Å². The zero-order valence-electron chi connectivity index (χ0n) is 15.2. The molecule has 0 unspecified atom stereocenters. The Labute approximate surface area is 158 Å². The van der Waals surface area contributed by atoms with Crippen molar-refractivity contribution in [3.05, 3.63) is 89.0 Å². The predicted octanol–water partition coefficient (Wildman–Crippen LogP) is 4.74. The van der Waals surface area contributed by atoms with Crippen LogP contribution < -0.4 is 0 Å². The summed E-state index contributed by atoms with van der Waals surface area (Å²) in [6, 6.07) is 13.8. The number of ether oxygens (including phenoxy) is 1. The van der Waals surface area contributed by atoms with Gasteiger partial charge in [0.25, 0.3) is 0 Å². The fourth-order valence-corrected chi connectivity index (χ4v) is 3.16. The fourth-order valence-electron chi connectivity index (χ4n) is 3.16. The Kier molecular flexibility index (Phi) is 5.77. The van der Waals surface area contributed by atoms with Crippen LogP contribution in [-0.4, -0.2) is 22.8 Å². The first kappa shape index (κ1) is 18.5. The van der Waals surface area contributed by atoms with Crippen LogP contribution in [0.2, 0.25) is 0 Å². The standard InChI is InChI=1S/C23H22O4/c1-2-27-22(26)15-21(16-5-3-4-6-16)23(17-7-11-19(24)12-8-17)18-9-13-20(25)14-10-18/h3-5,7-14,24-25H,2,6,15H2,1H3. The van der Waals surface area contributed by atoms with E-state index in [1.807, 2.05) is 42.5 Å². The molecule has 0 heterocycles. The van der Waals surface area contributed by atoms with Crippen molar-refractivity contribution in [2.45, 2.75) is 19.8 Å². The first-order valence-corrected chi connectivity index (χ1v) is 8.92. The number of esters is 1. The van der Waals surface area contributed by atoms with Gasteiger partial charge >= 0.3 is 5.97 Å². The van der Waals surface area contributed by atoms with Gasteiger partial charge < -0.3 is 14.9 Å². The van der Waals surface area contributed by atoms with E-state index in [-0.39, 0.29) is 23.9 Å². The number of allylic oxidation sites excluding steroid dienone is 4. The highest BCUT2D eigenvalue weighted by Crippen LogP contribution is 2.36. The highest BCUT2D eigenvalue weighted by atomic mass is 16.5. The van der Waals surface area contributed by atoms with Crippen LogP contribution in [0.4, 0.5) is 0 Å². The highest BCUT2D eigenvalue weighted by molar-refractivity contribution is 5.89. The summed E-state index contributed by atoms with van der Waals surface area (Å²) < 4.78 is 5.19. The average Bonchev–Trinajstić information content (AvgIpc) is 3.19. The lowest BCUT2D eigenvalue weighted by molar-refractivity contribution is -0.142. The zero-order chi connectivity index (χ0) is 19.2. The Morgan fingerprint density at radius 1 is 0.963 bits per heavy atom. The molecule has 0 amide bonds. The molecule has 4 heteroatoms. The summed E-state index contributed by atoms with van der Waals surface area (Å²) in [7, 11) is 0. The Hall–Kier alpha value is -3.27. The molecular formula is C23H22O4. The van der Waals surface area contributed by atoms with Gasteiger partial charge in [-0.1, -0.05) is 42.5 Å². The second kappa shape index (κ2) is 8.41. The summed E-state index contributed by atoms with van der Waals surface area (Å²) >= 11 is 0. The predicted molar refractivity (Wildman–Crippen MR) is 105 cm³/mol. The van der Waals surface area contributed by atoms with Gasteiger partial charge in [0.2, 0.25) is 0 Å². The van der Waals surface area contributed by atoms with E-state index >= 15 is 0 Å². The number of hydrogen-bond acceptors (Lipinski definition) is 4. The molecule has 2 aromatic rings. The van der Waals surface area contributed by atoms with Gasteiger partial charge in [-0.25, -0.2) is 0 Å². The molecule has 0 radical (unpaired) electrons. The van der Waals surface area contributed by atoms with Crippen molar-refractivity contribution >= 4 is 11.5 Å². The topological polar surface area (TPSA) is 66.8 Å². The molecule has 0 saturated heterocycles. The molecule has 3 rings (SSSR count). The van der Waals surface area contributed by atoms with Crippen molar-refractivity contribution in [3.63, 3.8) is 0 Å². The number of hydrogen-bond donors (Lipinski definition) is 2. The molecule has 2 aromatic carbocycles. The second-order valence-electron chi connectivity index (χ2n) is 6.25. The van der Waals surface area contributed by atoms with Gasteiger partial charge in [0.05, 0.1) is 13.0 Å². The summed E-state index contributed by atoms with van der Waals surface area (Å²) in [6.07, 6.45) is 6.93.